The van der Waals surface area contributed by atoms with Crippen molar-refractivity contribution in [2.24, 2.45) is 0 Å². The van der Waals surface area contributed by atoms with Gasteiger partial charge < -0.3 is 4.98 Å². The van der Waals surface area contributed by atoms with E-state index in [0.29, 0.717) is 17.7 Å². The van der Waals surface area contributed by atoms with E-state index >= 15 is 0 Å². The van der Waals surface area contributed by atoms with E-state index in [1.807, 2.05) is 24.3 Å². The number of nitrogens with zero attached hydrogens (tertiary/aromatic N) is 2. The van der Waals surface area contributed by atoms with Crippen LogP contribution in [0, 0.1) is 11.6 Å². The normalized spacial score (nSPS) is 20.1. The monoisotopic (exact) mass is 429 g/mol. The Morgan fingerprint density at radius 2 is 1.50 bits per heavy atom. The Labute approximate surface area is 181 Å². The summed E-state index contributed by atoms with van der Waals surface area (Å²) in [6.07, 6.45) is 0.360. The lowest BCUT2D eigenvalue weighted by atomic mass is 9.89. The number of benzene rings is 3. The fourth-order valence-electron chi connectivity index (χ4n) is 4.89. The first-order valence-corrected chi connectivity index (χ1v) is 10.3. The molecule has 3 aromatic carbocycles. The van der Waals surface area contributed by atoms with Crippen molar-refractivity contribution in [2.75, 3.05) is 4.90 Å². The number of hydrogen-bond acceptors (Lipinski definition) is 2. The third-order valence-corrected chi connectivity index (χ3v) is 6.32. The number of hydrogen-bond donors (Lipinski definition) is 1. The van der Waals surface area contributed by atoms with Gasteiger partial charge in [-0.1, -0.05) is 30.3 Å². The van der Waals surface area contributed by atoms with Gasteiger partial charge >= 0.3 is 6.03 Å². The first-order valence-electron chi connectivity index (χ1n) is 10.3. The second-order valence-electron chi connectivity index (χ2n) is 8.08. The third-order valence-electron chi connectivity index (χ3n) is 6.32. The maximum atomic E-state index is 13.7. The molecule has 2 atom stereocenters. The van der Waals surface area contributed by atoms with Gasteiger partial charge in [0.25, 0.3) is 5.91 Å². The Bertz CT molecular complexity index is 1380. The number of imide groups is 1. The quantitative estimate of drug-likeness (QED) is 0.460. The van der Waals surface area contributed by atoms with Crippen molar-refractivity contribution in [1.29, 1.82) is 0 Å². The van der Waals surface area contributed by atoms with E-state index in [4.69, 9.17) is 0 Å². The zero-order valence-corrected chi connectivity index (χ0v) is 16.8. The van der Waals surface area contributed by atoms with Crippen molar-refractivity contribution < 1.29 is 18.4 Å². The number of amides is 3. The van der Waals surface area contributed by atoms with Crippen LogP contribution in [0.4, 0.5) is 19.3 Å². The molecule has 0 unspecified atom stereocenters. The van der Waals surface area contributed by atoms with Gasteiger partial charge in [-0.05, 0) is 53.6 Å². The highest BCUT2D eigenvalue weighted by atomic mass is 19.1. The number of H-pyrrole nitrogens is 1. The lowest BCUT2D eigenvalue weighted by Crippen LogP contribution is -2.44. The van der Waals surface area contributed by atoms with Crippen molar-refractivity contribution in [3.8, 4) is 0 Å². The summed E-state index contributed by atoms with van der Waals surface area (Å²) in [7, 11) is 0. The largest absolute Gasteiger partial charge is 0.356 e. The molecule has 7 heteroatoms. The van der Waals surface area contributed by atoms with Crippen LogP contribution >= 0.6 is 0 Å². The molecule has 158 valence electrons. The molecule has 0 radical (unpaired) electrons. The van der Waals surface area contributed by atoms with Gasteiger partial charge in [0.15, 0.2) is 0 Å². The summed E-state index contributed by atoms with van der Waals surface area (Å²) in [5.41, 5.74) is 3.73. The summed E-state index contributed by atoms with van der Waals surface area (Å²) in [6.45, 7) is 0. The zero-order chi connectivity index (χ0) is 22.0. The van der Waals surface area contributed by atoms with E-state index in [1.165, 1.54) is 36.4 Å². The van der Waals surface area contributed by atoms with Gasteiger partial charge in [0.1, 0.15) is 23.7 Å². The van der Waals surface area contributed by atoms with Crippen LogP contribution in [-0.2, 0) is 11.2 Å². The number of para-hydroxylation sites is 1. The minimum Gasteiger partial charge on any atom is -0.356 e. The highest BCUT2D eigenvalue weighted by Gasteiger charge is 2.53. The van der Waals surface area contributed by atoms with E-state index < -0.39 is 23.9 Å². The number of fused-ring (bicyclic) bond motifs is 4. The van der Waals surface area contributed by atoms with Gasteiger partial charge in [-0.15, -0.1) is 0 Å². The number of rotatable bonds is 2. The van der Waals surface area contributed by atoms with Gasteiger partial charge in [0.05, 0.1) is 5.69 Å². The molecule has 1 saturated heterocycles. The van der Waals surface area contributed by atoms with E-state index in [2.05, 4.69) is 4.98 Å². The average molecular weight is 429 g/mol. The number of carbonyl (C=O) groups excluding carboxylic acids is 2. The van der Waals surface area contributed by atoms with Gasteiger partial charge in [0, 0.05) is 23.0 Å². The molecule has 1 aromatic heterocycles. The number of carbonyl (C=O) groups is 2. The first kappa shape index (κ1) is 18.7. The molecule has 0 saturated carbocycles. The number of anilines is 1. The highest BCUT2D eigenvalue weighted by Crippen LogP contribution is 2.44. The molecule has 5 nitrogen and oxygen atoms in total. The number of halogens is 2. The lowest BCUT2D eigenvalue weighted by Gasteiger charge is -2.36. The molecule has 6 rings (SSSR count). The molecule has 3 heterocycles. The van der Waals surface area contributed by atoms with E-state index in [1.54, 1.807) is 17.0 Å². The summed E-state index contributed by atoms with van der Waals surface area (Å²) < 4.78 is 27.1. The van der Waals surface area contributed by atoms with Crippen LogP contribution in [0.1, 0.15) is 22.9 Å². The average Bonchev–Trinajstić information content (AvgIpc) is 3.29. The van der Waals surface area contributed by atoms with Crippen LogP contribution in [-0.4, -0.2) is 27.9 Å². The van der Waals surface area contributed by atoms with Crippen molar-refractivity contribution in [3.05, 3.63) is 101 Å². The summed E-state index contributed by atoms with van der Waals surface area (Å²) in [4.78, 5) is 33.1. The summed E-state index contributed by atoms with van der Waals surface area (Å²) in [5.74, 6) is -1.18. The third kappa shape index (κ3) is 2.60. The number of nitrogens with one attached hydrogen (secondary N) is 1. The maximum absolute atomic E-state index is 13.7. The number of urea groups is 1. The second-order valence-corrected chi connectivity index (χ2v) is 8.08. The first-order chi connectivity index (χ1) is 15.5. The summed E-state index contributed by atoms with van der Waals surface area (Å²) in [6, 6.07) is 17.3. The predicted octanol–water partition coefficient (Wildman–Crippen LogP) is 4.93. The lowest BCUT2D eigenvalue weighted by molar-refractivity contribution is -0.120. The molecule has 0 spiro atoms. The standard InChI is InChI=1S/C25H17F2N3O2/c26-15-7-5-14(6-8-15)23-22-19(18-3-1-2-4-20(18)28-22)13-21-24(31)29(25(32)30(21)23)17-11-9-16(27)10-12-17/h1-12,21,23,28H,13H2/t21-,23+/m0/s1. The highest BCUT2D eigenvalue weighted by molar-refractivity contribution is 6.22. The molecule has 0 aliphatic carbocycles. The molecule has 0 bridgehead atoms. The predicted molar refractivity (Wildman–Crippen MR) is 115 cm³/mol. The van der Waals surface area contributed by atoms with E-state index in [9.17, 15) is 18.4 Å². The Morgan fingerprint density at radius 1 is 0.844 bits per heavy atom. The molecule has 4 aromatic rings. The fourth-order valence-corrected chi connectivity index (χ4v) is 4.89. The second kappa shape index (κ2) is 6.75. The minimum atomic E-state index is -0.714. The van der Waals surface area contributed by atoms with Crippen molar-refractivity contribution >= 4 is 28.5 Å². The SMILES string of the molecule is O=C1[C@@H]2Cc3c([nH]c4ccccc34)[C@@H](c3ccc(F)cc3)N2C(=O)N1c1ccc(F)cc1. The molecular weight excluding hydrogens is 412 g/mol. The van der Waals surface area contributed by atoms with Gasteiger partial charge in [-0.2, -0.15) is 0 Å². The Morgan fingerprint density at radius 3 is 2.22 bits per heavy atom. The van der Waals surface area contributed by atoms with Crippen molar-refractivity contribution in [1.82, 2.24) is 9.88 Å². The zero-order valence-electron chi connectivity index (χ0n) is 16.8. The maximum Gasteiger partial charge on any atom is 0.332 e. The van der Waals surface area contributed by atoms with Crippen LogP contribution in [0.2, 0.25) is 0 Å². The van der Waals surface area contributed by atoms with Crippen LogP contribution < -0.4 is 4.90 Å². The van der Waals surface area contributed by atoms with Crippen molar-refractivity contribution in [2.45, 2.75) is 18.5 Å². The molecule has 1 fully saturated rings. The summed E-state index contributed by atoms with van der Waals surface area (Å²) >= 11 is 0. The smallest absolute Gasteiger partial charge is 0.332 e. The molecule has 2 aliphatic heterocycles. The van der Waals surface area contributed by atoms with Crippen LogP contribution in [0.5, 0.6) is 0 Å². The van der Waals surface area contributed by atoms with E-state index in [-0.39, 0.29) is 11.7 Å². The number of aromatic amines is 1. The van der Waals surface area contributed by atoms with Crippen LogP contribution in [0.15, 0.2) is 72.8 Å². The Balaban J connectivity index is 1.54. The van der Waals surface area contributed by atoms with Crippen LogP contribution in [0.25, 0.3) is 10.9 Å². The fraction of sp³-hybridized carbons (Fsp3) is 0.120. The summed E-state index contributed by atoms with van der Waals surface area (Å²) in [5, 5.41) is 0.995. The number of aromatic nitrogens is 1. The molecule has 32 heavy (non-hydrogen) atoms. The molecule has 3 amide bonds. The molecule has 2 aliphatic rings. The van der Waals surface area contributed by atoms with Crippen LogP contribution in [0.3, 0.4) is 0 Å². The van der Waals surface area contributed by atoms with Gasteiger partial charge in [-0.3, -0.25) is 9.69 Å². The minimum absolute atomic E-state index is 0.321. The topological polar surface area (TPSA) is 56.4 Å². The van der Waals surface area contributed by atoms with E-state index in [0.717, 1.165) is 27.1 Å². The molecular formula is C25H17F2N3O2. The van der Waals surface area contributed by atoms with Gasteiger partial charge in [0.2, 0.25) is 0 Å². The molecule has 1 N–H and O–H groups in total. The Hall–Kier alpha value is -4.00. The van der Waals surface area contributed by atoms with Gasteiger partial charge in [-0.25, -0.2) is 18.5 Å². The van der Waals surface area contributed by atoms with Crippen molar-refractivity contribution in [3.63, 3.8) is 0 Å². The Kier molecular flexibility index (Phi) is 3.95.